The summed E-state index contributed by atoms with van der Waals surface area (Å²) in [7, 11) is 2.14. The Bertz CT molecular complexity index is 1310. The minimum atomic E-state index is -0.781. The molecule has 2 atom stereocenters. The molecule has 3 saturated heterocycles. The maximum Gasteiger partial charge on any atom is 0.256 e. The van der Waals surface area contributed by atoms with Gasteiger partial charge in [-0.15, -0.1) is 0 Å². The van der Waals surface area contributed by atoms with Crippen molar-refractivity contribution < 1.29 is 18.8 Å². The molecule has 0 aromatic heterocycles. The fourth-order valence-corrected chi connectivity index (χ4v) is 6.73. The fourth-order valence-electron chi connectivity index (χ4n) is 6.57. The zero-order valence-corrected chi connectivity index (χ0v) is 22.8. The molecule has 8 nitrogen and oxygen atoms in total. The molecule has 2 aromatic rings. The molecule has 2 aromatic carbocycles. The standard InChI is InChI=1S/C29H33ClFN5O3/c1-33-11-8-20(9-12-33)35-10-2-3-25(35)29(39)34-13-14-36-26(17-34)27(37)32-24-7-4-18(15-22(24)28(36)38)21-6-5-19(30)16-23(21)31/h4-7,15-16,20,25-26H,2-3,8-14,17H2,1H3,(H,32,37). The van der Waals surface area contributed by atoms with Gasteiger partial charge in [-0.2, -0.15) is 0 Å². The van der Waals surface area contributed by atoms with Crippen molar-refractivity contribution in [2.24, 2.45) is 0 Å². The van der Waals surface area contributed by atoms with Gasteiger partial charge in [0.1, 0.15) is 11.9 Å². The van der Waals surface area contributed by atoms with Crippen LogP contribution in [0.25, 0.3) is 11.1 Å². The van der Waals surface area contributed by atoms with Gasteiger partial charge in [0, 0.05) is 29.7 Å². The molecule has 10 heteroatoms. The number of hydrogen-bond donors (Lipinski definition) is 1. The van der Waals surface area contributed by atoms with E-state index in [2.05, 4.69) is 22.2 Å². The van der Waals surface area contributed by atoms with Crippen molar-refractivity contribution in [3.05, 3.63) is 52.8 Å². The predicted molar refractivity (Wildman–Crippen MR) is 147 cm³/mol. The number of amides is 3. The number of halogens is 2. The van der Waals surface area contributed by atoms with E-state index in [9.17, 15) is 18.8 Å². The van der Waals surface area contributed by atoms with E-state index in [1.54, 1.807) is 40.1 Å². The molecule has 6 rings (SSSR count). The van der Waals surface area contributed by atoms with Crippen molar-refractivity contribution in [1.29, 1.82) is 0 Å². The SMILES string of the molecule is CN1CCC(N2CCCC2C(=O)N2CCN3C(=O)c4cc(-c5ccc(Cl)cc5F)ccc4NC(=O)C3C2)CC1. The lowest BCUT2D eigenvalue weighted by Crippen LogP contribution is -2.62. The normalized spacial score (nSPS) is 24.8. The first-order chi connectivity index (χ1) is 18.8. The number of fused-ring (bicyclic) bond motifs is 2. The van der Waals surface area contributed by atoms with E-state index in [1.807, 2.05) is 0 Å². The van der Waals surface area contributed by atoms with Crippen molar-refractivity contribution in [1.82, 2.24) is 19.6 Å². The van der Waals surface area contributed by atoms with Gasteiger partial charge in [-0.25, -0.2) is 4.39 Å². The van der Waals surface area contributed by atoms with Crippen LogP contribution in [0.3, 0.4) is 0 Å². The molecule has 39 heavy (non-hydrogen) atoms. The number of hydrogen-bond acceptors (Lipinski definition) is 5. The van der Waals surface area contributed by atoms with Crippen molar-refractivity contribution in [2.75, 3.05) is 51.6 Å². The van der Waals surface area contributed by atoms with Gasteiger partial charge in [-0.3, -0.25) is 19.3 Å². The number of piperazine rings is 1. The summed E-state index contributed by atoms with van der Waals surface area (Å²) in [5.41, 5.74) is 1.54. The fraction of sp³-hybridized carbons (Fsp3) is 0.483. The van der Waals surface area contributed by atoms with E-state index in [0.717, 1.165) is 45.3 Å². The highest BCUT2D eigenvalue weighted by atomic mass is 35.5. The molecule has 4 aliphatic heterocycles. The van der Waals surface area contributed by atoms with Crippen molar-refractivity contribution >= 4 is 35.0 Å². The van der Waals surface area contributed by atoms with Crippen LogP contribution in [0.4, 0.5) is 10.1 Å². The van der Waals surface area contributed by atoms with Gasteiger partial charge in [-0.1, -0.05) is 17.7 Å². The quantitative estimate of drug-likeness (QED) is 0.631. The number of anilines is 1. The maximum absolute atomic E-state index is 14.6. The number of nitrogens with one attached hydrogen (secondary N) is 1. The summed E-state index contributed by atoms with van der Waals surface area (Å²) in [6.45, 7) is 3.82. The molecule has 0 bridgehead atoms. The van der Waals surface area contributed by atoms with Crippen LogP contribution in [0, 0.1) is 5.82 Å². The molecule has 4 heterocycles. The van der Waals surface area contributed by atoms with Gasteiger partial charge in [0.05, 0.1) is 23.8 Å². The molecular weight excluding hydrogens is 521 g/mol. The second kappa shape index (κ2) is 10.5. The van der Waals surface area contributed by atoms with Crippen LogP contribution >= 0.6 is 11.6 Å². The molecule has 0 spiro atoms. The zero-order valence-electron chi connectivity index (χ0n) is 22.0. The number of carbonyl (C=O) groups is 3. The molecule has 0 aliphatic carbocycles. The number of nitrogens with zero attached hydrogens (tertiary/aromatic N) is 4. The summed E-state index contributed by atoms with van der Waals surface area (Å²) in [5, 5.41) is 3.17. The third kappa shape index (κ3) is 4.92. The molecule has 4 aliphatic rings. The zero-order chi connectivity index (χ0) is 27.3. The van der Waals surface area contributed by atoms with E-state index < -0.39 is 11.9 Å². The van der Waals surface area contributed by atoms with Crippen molar-refractivity contribution in [2.45, 2.75) is 43.8 Å². The monoisotopic (exact) mass is 553 g/mol. The first kappa shape index (κ1) is 26.2. The Morgan fingerprint density at radius 1 is 0.974 bits per heavy atom. The number of likely N-dealkylation sites (tertiary alicyclic amines) is 2. The van der Waals surface area contributed by atoms with E-state index in [0.29, 0.717) is 35.0 Å². The number of piperidine rings is 1. The second-order valence-electron chi connectivity index (χ2n) is 11.1. The molecular formula is C29H33ClFN5O3. The predicted octanol–water partition coefficient (Wildman–Crippen LogP) is 3.31. The van der Waals surface area contributed by atoms with Crippen molar-refractivity contribution in [3.63, 3.8) is 0 Å². The van der Waals surface area contributed by atoms with E-state index in [1.165, 1.54) is 6.07 Å². The molecule has 3 fully saturated rings. The van der Waals surface area contributed by atoms with Gasteiger partial charge in [0.2, 0.25) is 11.8 Å². The second-order valence-corrected chi connectivity index (χ2v) is 11.5. The first-order valence-electron chi connectivity index (χ1n) is 13.7. The van der Waals surface area contributed by atoms with Gasteiger partial charge < -0.3 is 20.0 Å². The smallest absolute Gasteiger partial charge is 0.256 e. The molecule has 2 unspecified atom stereocenters. The molecule has 0 radical (unpaired) electrons. The van der Waals surface area contributed by atoms with Crippen LogP contribution < -0.4 is 5.32 Å². The number of carbonyl (C=O) groups excluding carboxylic acids is 3. The van der Waals surface area contributed by atoms with Gasteiger partial charge in [-0.05, 0) is 88.3 Å². The lowest BCUT2D eigenvalue weighted by Gasteiger charge is -2.43. The lowest BCUT2D eigenvalue weighted by atomic mass is 10.0. The van der Waals surface area contributed by atoms with Crippen LogP contribution in [-0.2, 0) is 9.59 Å². The van der Waals surface area contributed by atoms with E-state index in [4.69, 9.17) is 11.6 Å². The summed E-state index contributed by atoms with van der Waals surface area (Å²) >= 11 is 5.90. The van der Waals surface area contributed by atoms with Crippen LogP contribution in [0.2, 0.25) is 5.02 Å². The van der Waals surface area contributed by atoms with Crippen molar-refractivity contribution in [3.8, 4) is 11.1 Å². The molecule has 1 N–H and O–H groups in total. The Hall–Kier alpha value is -3.01. The van der Waals surface area contributed by atoms with Gasteiger partial charge >= 0.3 is 0 Å². The highest BCUT2D eigenvalue weighted by Crippen LogP contribution is 2.33. The first-order valence-corrected chi connectivity index (χ1v) is 14.1. The Morgan fingerprint density at radius 3 is 2.54 bits per heavy atom. The average Bonchev–Trinajstić information content (AvgIpc) is 3.39. The van der Waals surface area contributed by atoms with Gasteiger partial charge in [0.25, 0.3) is 5.91 Å². The third-order valence-electron chi connectivity index (χ3n) is 8.74. The minimum Gasteiger partial charge on any atom is -0.337 e. The van der Waals surface area contributed by atoms with Crippen LogP contribution in [0.15, 0.2) is 36.4 Å². The summed E-state index contributed by atoms with van der Waals surface area (Å²) in [6.07, 6.45) is 3.95. The number of rotatable bonds is 3. The van der Waals surface area contributed by atoms with Gasteiger partial charge in [0.15, 0.2) is 0 Å². The van der Waals surface area contributed by atoms with E-state index >= 15 is 0 Å². The van der Waals surface area contributed by atoms with Crippen LogP contribution in [0.1, 0.15) is 36.0 Å². The van der Waals surface area contributed by atoms with Crippen LogP contribution in [0.5, 0.6) is 0 Å². The summed E-state index contributed by atoms with van der Waals surface area (Å²) in [5.74, 6) is -1.04. The Morgan fingerprint density at radius 2 is 1.77 bits per heavy atom. The minimum absolute atomic E-state index is 0.0635. The Balaban J connectivity index is 1.20. The summed E-state index contributed by atoms with van der Waals surface area (Å²) in [6, 6.07) is 8.79. The Labute approximate surface area is 232 Å². The Kier molecular flexibility index (Phi) is 7.07. The maximum atomic E-state index is 14.6. The third-order valence-corrected chi connectivity index (χ3v) is 8.98. The molecule has 0 saturated carbocycles. The molecule has 206 valence electrons. The lowest BCUT2D eigenvalue weighted by molar-refractivity contribution is -0.141. The molecule has 3 amide bonds. The largest absolute Gasteiger partial charge is 0.337 e. The van der Waals surface area contributed by atoms with E-state index in [-0.39, 0.29) is 41.9 Å². The topological polar surface area (TPSA) is 76.2 Å². The average molecular weight is 554 g/mol. The summed E-state index contributed by atoms with van der Waals surface area (Å²) < 4.78 is 14.6. The summed E-state index contributed by atoms with van der Waals surface area (Å²) in [4.78, 5) is 48.7. The number of benzene rings is 2. The highest BCUT2D eigenvalue weighted by Gasteiger charge is 2.44. The van der Waals surface area contributed by atoms with Crippen LogP contribution in [-0.4, -0.2) is 102 Å². The highest BCUT2D eigenvalue weighted by molar-refractivity contribution is 6.30.